The standard InChI is InChI=1S/C10H12N2/c1-2-9-7-8-11-12(9)10-5-3-4-6-10/h1,7-8,10H,3-6H2. The van der Waals surface area contributed by atoms with E-state index < -0.39 is 0 Å². The number of terminal acetylenes is 1. The average Bonchev–Trinajstić information content (AvgIpc) is 2.74. The van der Waals surface area contributed by atoms with Gasteiger partial charge in [-0.2, -0.15) is 5.10 Å². The van der Waals surface area contributed by atoms with Crippen molar-refractivity contribution >= 4 is 0 Å². The molecule has 0 saturated heterocycles. The number of hydrogen-bond acceptors (Lipinski definition) is 1. The summed E-state index contributed by atoms with van der Waals surface area (Å²) in [5, 5.41) is 4.24. The van der Waals surface area contributed by atoms with E-state index in [0.29, 0.717) is 6.04 Å². The molecule has 1 aliphatic carbocycles. The summed E-state index contributed by atoms with van der Waals surface area (Å²) < 4.78 is 1.99. The lowest BCUT2D eigenvalue weighted by Gasteiger charge is -2.10. The first-order chi connectivity index (χ1) is 5.92. The number of hydrogen-bond donors (Lipinski definition) is 0. The summed E-state index contributed by atoms with van der Waals surface area (Å²) in [6, 6.07) is 2.46. The van der Waals surface area contributed by atoms with Gasteiger partial charge in [-0.1, -0.05) is 18.8 Å². The van der Waals surface area contributed by atoms with E-state index in [9.17, 15) is 0 Å². The average molecular weight is 160 g/mol. The molecule has 0 atom stereocenters. The van der Waals surface area contributed by atoms with Crippen LogP contribution in [-0.2, 0) is 0 Å². The van der Waals surface area contributed by atoms with Gasteiger partial charge in [0.2, 0.25) is 0 Å². The van der Waals surface area contributed by atoms with Gasteiger partial charge in [0, 0.05) is 0 Å². The molecule has 2 rings (SSSR count). The Balaban J connectivity index is 2.27. The summed E-state index contributed by atoms with van der Waals surface area (Å²) in [6.45, 7) is 0. The summed E-state index contributed by atoms with van der Waals surface area (Å²) in [5.74, 6) is 2.65. The van der Waals surface area contributed by atoms with Crippen molar-refractivity contribution < 1.29 is 0 Å². The monoisotopic (exact) mass is 160 g/mol. The third-order valence-corrected chi connectivity index (χ3v) is 2.49. The number of rotatable bonds is 1. The summed E-state index contributed by atoms with van der Waals surface area (Å²) in [4.78, 5) is 0. The molecule has 0 aromatic carbocycles. The molecule has 0 spiro atoms. The van der Waals surface area contributed by atoms with Gasteiger partial charge in [0.05, 0.1) is 12.2 Å². The molecule has 1 saturated carbocycles. The summed E-state index contributed by atoms with van der Waals surface area (Å²) in [5.41, 5.74) is 0.918. The first-order valence-electron chi connectivity index (χ1n) is 4.42. The molecule has 1 heterocycles. The van der Waals surface area contributed by atoms with E-state index >= 15 is 0 Å². The van der Waals surface area contributed by atoms with E-state index in [1.165, 1.54) is 25.7 Å². The molecule has 0 radical (unpaired) electrons. The highest BCUT2D eigenvalue weighted by molar-refractivity contribution is 5.23. The quantitative estimate of drug-likeness (QED) is 0.574. The SMILES string of the molecule is C#Cc1ccnn1C1CCCC1. The Morgan fingerprint density at radius 2 is 2.25 bits per heavy atom. The molecule has 0 aliphatic heterocycles. The zero-order valence-electron chi connectivity index (χ0n) is 7.03. The molecule has 1 aromatic heterocycles. The zero-order chi connectivity index (χ0) is 8.39. The Kier molecular flexibility index (Phi) is 1.87. The van der Waals surface area contributed by atoms with E-state index in [1.807, 2.05) is 10.7 Å². The molecule has 0 unspecified atom stereocenters. The van der Waals surface area contributed by atoms with Gasteiger partial charge >= 0.3 is 0 Å². The Bertz CT molecular complexity index is 300. The maximum Gasteiger partial charge on any atom is 0.111 e. The number of nitrogens with zero attached hydrogens (tertiary/aromatic N) is 2. The molecule has 2 nitrogen and oxygen atoms in total. The smallest absolute Gasteiger partial charge is 0.111 e. The molecule has 0 N–H and O–H groups in total. The molecule has 62 valence electrons. The summed E-state index contributed by atoms with van der Waals surface area (Å²) in [7, 11) is 0. The molecule has 2 heteroatoms. The second-order valence-electron chi connectivity index (χ2n) is 3.24. The van der Waals surface area contributed by atoms with Gasteiger partial charge in [-0.25, -0.2) is 0 Å². The summed E-state index contributed by atoms with van der Waals surface area (Å²) in [6.07, 6.45) is 12.2. The van der Waals surface area contributed by atoms with Crippen LogP contribution in [0.2, 0.25) is 0 Å². The fourth-order valence-electron chi connectivity index (χ4n) is 1.87. The van der Waals surface area contributed by atoms with Crippen molar-refractivity contribution in [3.8, 4) is 12.3 Å². The van der Waals surface area contributed by atoms with E-state index in [-0.39, 0.29) is 0 Å². The van der Waals surface area contributed by atoms with Crippen LogP contribution in [-0.4, -0.2) is 9.78 Å². The van der Waals surface area contributed by atoms with Crippen LogP contribution < -0.4 is 0 Å². The van der Waals surface area contributed by atoms with Gasteiger partial charge in [-0.15, -0.1) is 6.42 Å². The van der Waals surface area contributed by atoms with Crippen molar-refractivity contribution in [1.82, 2.24) is 9.78 Å². The Morgan fingerprint density at radius 1 is 1.50 bits per heavy atom. The third-order valence-electron chi connectivity index (χ3n) is 2.49. The second-order valence-corrected chi connectivity index (χ2v) is 3.24. The van der Waals surface area contributed by atoms with E-state index in [4.69, 9.17) is 6.42 Å². The van der Waals surface area contributed by atoms with Crippen LogP contribution in [0.5, 0.6) is 0 Å². The highest BCUT2D eigenvalue weighted by atomic mass is 15.3. The minimum atomic E-state index is 0.561. The van der Waals surface area contributed by atoms with Gasteiger partial charge < -0.3 is 0 Å². The molecule has 1 aliphatic rings. The Hall–Kier alpha value is -1.23. The van der Waals surface area contributed by atoms with Crippen LogP contribution in [0.1, 0.15) is 37.4 Å². The summed E-state index contributed by atoms with van der Waals surface area (Å²) >= 11 is 0. The van der Waals surface area contributed by atoms with Crippen LogP contribution >= 0.6 is 0 Å². The van der Waals surface area contributed by atoms with Gasteiger partial charge in [-0.05, 0) is 18.9 Å². The fraction of sp³-hybridized carbons (Fsp3) is 0.500. The molecule has 0 bridgehead atoms. The highest BCUT2D eigenvalue weighted by Crippen LogP contribution is 2.29. The minimum Gasteiger partial charge on any atom is -0.254 e. The molecule has 12 heavy (non-hydrogen) atoms. The lowest BCUT2D eigenvalue weighted by atomic mass is 10.2. The van der Waals surface area contributed by atoms with Crippen molar-refractivity contribution in [2.24, 2.45) is 0 Å². The van der Waals surface area contributed by atoms with Crippen LogP contribution in [0.4, 0.5) is 0 Å². The minimum absolute atomic E-state index is 0.561. The lowest BCUT2D eigenvalue weighted by Crippen LogP contribution is -2.08. The van der Waals surface area contributed by atoms with E-state index in [2.05, 4.69) is 11.0 Å². The van der Waals surface area contributed by atoms with Crippen molar-refractivity contribution in [2.45, 2.75) is 31.7 Å². The van der Waals surface area contributed by atoms with Gasteiger partial charge in [0.15, 0.2) is 0 Å². The predicted molar refractivity (Wildman–Crippen MR) is 47.7 cm³/mol. The fourth-order valence-corrected chi connectivity index (χ4v) is 1.87. The predicted octanol–water partition coefficient (Wildman–Crippen LogP) is 1.98. The van der Waals surface area contributed by atoms with Gasteiger partial charge in [-0.3, -0.25) is 4.68 Å². The van der Waals surface area contributed by atoms with E-state index in [1.54, 1.807) is 6.20 Å². The molecule has 1 fully saturated rings. The van der Waals surface area contributed by atoms with Crippen molar-refractivity contribution in [3.05, 3.63) is 18.0 Å². The second kappa shape index (κ2) is 3.02. The van der Waals surface area contributed by atoms with Crippen LogP contribution in [0, 0.1) is 12.3 Å². The first kappa shape index (κ1) is 7.42. The van der Waals surface area contributed by atoms with Crippen LogP contribution in [0.25, 0.3) is 0 Å². The number of aromatic nitrogens is 2. The van der Waals surface area contributed by atoms with Crippen molar-refractivity contribution in [1.29, 1.82) is 0 Å². The van der Waals surface area contributed by atoms with Crippen molar-refractivity contribution in [2.75, 3.05) is 0 Å². The van der Waals surface area contributed by atoms with Crippen molar-refractivity contribution in [3.63, 3.8) is 0 Å². The normalized spacial score (nSPS) is 17.9. The van der Waals surface area contributed by atoms with Gasteiger partial charge in [0.1, 0.15) is 5.69 Å². The third kappa shape index (κ3) is 1.12. The molecule has 0 amide bonds. The molecular weight excluding hydrogens is 148 g/mol. The maximum atomic E-state index is 5.35. The Morgan fingerprint density at radius 3 is 2.92 bits per heavy atom. The molecule has 1 aromatic rings. The Labute approximate surface area is 72.6 Å². The first-order valence-corrected chi connectivity index (χ1v) is 4.42. The van der Waals surface area contributed by atoms with Gasteiger partial charge in [0.25, 0.3) is 0 Å². The topological polar surface area (TPSA) is 17.8 Å². The lowest BCUT2D eigenvalue weighted by molar-refractivity contribution is 0.463. The largest absolute Gasteiger partial charge is 0.254 e. The molecular formula is C10H12N2. The maximum absolute atomic E-state index is 5.35. The van der Waals surface area contributed by atoms with Crippen LogP contribution in [0.3, 0.4) is 0 Å². The zero-order valence-corrected chi connectivity index (χ0v) is 7.03. The van der Waals surface area contributed by atoms with Crippen LogP contribution in [0.15, 0.2) is 12.3 Å². The highest BCUT2D eigenvalue weighted by Gasteiger charge is 2.18. The van der Waals surface area contributed by atoms with E-state index in [0.717, 1.165) is 5.69 Å².